The van der Waals surface area contributed by atoms with Gasteiger partial charge in [0.1, 0.15) is 0 Å². The summed E-state index contributed by atoms with van der Waals surface area (Å²) in [6.07, 6.45) is 2.58. The highest BCUT2D eigenvalue weighted by atomic mass is 32.2. The molecular formula is C11H22N2O4S. The second kappa shape index (κ2) is 7.06. The van der Waals surface area contributed by atoms with Crippen LogP contribution in [0.25, 0.3) is 0 Å². The molecule has 0 aromatic heterocycles. The summed E-state index contributed by atoms with van der Waals surface area (Å²) in [6.45, 7) is 1.72. The van der Waals surface area contributed by atoms with E-state index in [1.807, 2.05) is 0 Å². The zero-order valence-corrected chi connectivity index (χ0v) is 11.6. The lowest BCUT2D eigenvalue weighted by atomic mass is 9.95. The Morgan fingerprint density at radius 2 is 2.00 bits per heavy atom. The van der Waals surface area contributed by atoms with Gasteiger partial charge >= 0.3 is 5.97 Å². The fraction of sp³-hybridized carbons (Fsp3) is 0.909. The third kappa shape index (κ3) is 4.55. The number of carbonyl (C=O) groups excluding carboxylic acids is 1. The number of nitrogens with zero attached hydrogens (tertiary/aromatic N) is 1. The molecule has 0 radical (unpaired) electrons. The molecule has 0 spiro atoms. The van der Waals surface area contributed by atoms with Crippen LogP contribution in [0.3, 0.4) is 0 Å². The third-order valence-corrected chi connectivity index (χ3v) is 5.21. The number of hydrogen-bond donors (Lipinski definition) is 1. The molecule has 1 saturated heterocycles. The molecule has 0 atom stereocenters. The molecule has 0 aliphatic carbocycles. The number of piperidine rings is 1. The monoisotopic (exact) mass is 278 g/mol. The summed E-state index contributed by atoms with van der Waals surface area (Å²) in [7, 11) is -2.07. The maximum atomic E-state index is 12.0. The fourth-order valence-corrected chi connectivity index (χ4v) is 3.61. The Morgan fingerprint density at radius 1 is 1.39 bits per heavy atom. The van der Waals surface area contributed by atoms with Crippen LogP contribution in [0.5, 0.6) is 0 Å². The molecule has 1 rings (SSSR count). The molecule has 1 aliphatic heterocycles. The number of carbonyl (C=O) groups is 1. The molecule has 0 amide bonds. The Balaban J connectivity index is 2.43. The van der Waals surface area contributed by atoms with Crippen LogP contribution in [0.1, 0.15) is 25.7 Å². The van der Waals surface area contributed by atoms with Crippen LogP contribution >= 0.6 is 0 Å². The van der Waals surface area contributed by atoms with Crippen LogP contribution < -0.4 is 5.73 Å². The summed E-state index contributed by atoms with van der Waals surface area (Å²) >= 11 is 0. The Morgan fingerprint density at radius 3 is 2.50 bits per heavy atom. The largest absolute Gasteiger partial charge is 0.469 e. The number of rotatable bonds is 6. The number of hydrogen-bond acceptors (Lipinski definition) is 5. The lowest BCUT2D eigenvalue weighted by Crippen LogP contribution is -2.40. The Hall–Kier alpha value is -0.660. The summed E-state index contributed by atoms with van der Waals surface area (Å²) in [5.74, 6) is -0.125. The van der Waals surface area contributed by atoms with Crippen molar-refractivity contribution in [1.29, 1.82) is 0 Å². The summed E-state index contributed by atoms with van der Waals surface area (Å²) in [4.78, 5) is 11.0. The van der Waals surface area contributed by atoms with Gasteiger partial charge in [0.05, 0.1) is 19.3 Å². The van der Waals surface area contributed by atoms with Gasteiger partial charge in [-0.25, -0.2) is 12.7 Å². The predicted octanol–water partition coefficient (Wildman–Crippen LogP) is -0.0599. The van der Waals surface area contributed by atoms with Gasteiger partial charge in [-0.1, -0.05) is 0 Å². The molecule has 1 aliphatic rings. The smallest absolute Gasteiger partial charge is 0.306 e. The van der Waals surface area contributed by atoms with Crippen molar-refractivity contribution in [3.8, 4) is 0 Å². The predicted molar refractivity (Wildman–Crippen MR) is 68.4 cm³/mol. The minimum atomic E-state index is -3.33. The Bertz CT molecular complexity index is 361. The van der Waals surface area contributed by atoms with Gasteiger partial charge in [-0.05, 0) is 31.7 Å². The second-order valence-corrected chi connectivity index (χ2v) is 6.65. The molecular weight excluding hydrogens is 256 g/mol. The average molecular weight is 278 g/mol. The second-order valence-electron chi connectivity index (χ2n) is 4.56. The summed E-state index contributed by atoms with van der Waals surface area (Å²) in [5, 5.41) is 0. The molecule has 0 aromatic carbocycles. The molecule has 1 fully saturated rings. The van der Waals surface area contributed by atoms with Crippen molar-refractivity contribution in [2.75, 3.05) is 32.5 Å². The summed E-state index contributed by atoms with van der Waals surface area (Å²) in [6, 6.07) is 0. The van der Waals surface area contributed by atoms with Gasteiger partial charge in [0.25, 0.3) is 0 Å². The van der Waals surface area contributed by atoms with Crippen molar-refractivity contribution in [2.24, 2.45) is 11.7 Å². The van der Waals surface area contributed by atoms with E-state index >= 15 is 0 Å². The van der Waals surface area contributed by atoms with Crippen LogP contribution in [0.15, 0.2) is 0 Å². The van der Waals surface area contributed by atoms with Gasteiger partial charge in [-0.15, -0.1) is 0 Å². The van der Waals surface area contributed by atoms with Gasteiger partial charge in [0, 0.05) is 13.1 Å². The zero-order valence-electron chi connectivity index (χ0n) is 10.8. The third-order valence-electron chi connectivity index (χ3n) is 3.33. The molecule has 0 aromatic rings. The lowest BCUT2D eigenvalue weighted by Gasteiger charge is -2.30. The van der Waals surface area contributed by atoms with Crippen molar-refractivity contribution >= 4 is 16.0 Å². The molecule has 7 heteroatoms. The van der Waals surface area contributed by atoms with Gasteiger partial charge in [0.15, 0.2) is 0 Å². The maximum Gasteiger partial charge on any atom is 0.306 e. The van der Waals surface area contributed by atoms with E-state index in [4.69, 9.17) is 5.73 Å². The van der Waals surface area contributed by atoms with Crippen LogP contribution in [-0.4, -0.2) is 51.2 Å². The highest BCUT2D eigenvalue weighted by Gasteiger charge is 2.27. The van der Waals surface area contributed by atoms with Gasteiger partial charge in [0.2, 0.25) is 10.0 Å². The highest BCUT2D eigenvalue weighted by Crippen LogP contribution is 2.22. The van der Waals surface area contributed by atoms with E-state index in [1.165, 1.54) is 11.4 Å². The molecule has 0 saturated carbocycles. The molecule has 0 unspecified atom stereocenters. The van der Waals surface area contributed by atoms with E-state index in [0.717, 1.165) is 19.3 Å². The van der Waals surface area contributed by atoms with Crippen LogP contribution in [0.4, 0.5) is 0 Å². The lowest BCUT2D eigenvalue weighted by molar-refractivity contribution is -0.140. The molecule has 106 valence electrons. The number of sulfonamides is 1. The molecule has 1 heterocycles. The number of nitrogens with two attached hydrogens (primary N) is 1. The van der Waals surface area contributed by atoms with Crippen molar-refractivity contribution < 1.29 is 17.9 Å². The quantitative estimate of drug-likeness (QED) is 0.687. The van der Waals surface area contributed by atoms with Crippen LogP contribution in [-0.2, 0) is 19.6 Å². The normalized spacial score (nSPS) is 18.8. The topological polar surface area (TPSA) is 89.7 Å². The van der Waals surface area contributed by atoms with E-state index in [-0.39, 0.29) is 12.2 Å². The first kappa shape index (κ1) is 15.4. The zero-order chi connectivity index (χ0) is 13.6. The summed E-state index contributed by atoms with van der Waals surface area (Å²) in [5.41, 5.74) is 5.49. The minimum Gasteiger partial charge on any atom is -0.469 e. The van der Waals surface area contributed by atoms with Gasteiger partial charge in [-0.3, -0.25) is 4.79 Å². The average Bonchev–Trinajstić information content (AvgIpc) is 2.37. The molecule has 6 nitrogen and oxygen atoms in total. The number of esters is 1. The highest BCUT2D eigenvalue weighted by molar-refractivity contribution is 7.89. The standard InChI is InChI=1S/C11H22N2O4S/c1-17-11(14)5-9-18(15,16)13-7-3-10(2-6-12)4-8-13/h10H,2-9,12H2,1H3. The fourth-order valence-electron chi connectivity index (χ4n) is 2.16. The molecule has 18 heavy (non-hydrogen) atoms. The van der Waals surface area contributed by atoms with Crippen LogP contribution in [0, 0.1) is 5.92 Å². The van der Waals surface area contributed by atoms with Crippen molar-refractivity contribution in [3.63, 3.8) is 0 Å². The first-order valence-corrected chi connectivity index (χ1v) is 7.85. The van der Waals surface area contributed by atoms with Gasteiger partial charge < -0.3 is 10.5 Å². The Labute approximate surface area is 109 Å². The Kier molecular flexibility index (Phi) is 6.04. The van der Waals surface area contributed by atoms with Crippen molar-refractivity contribution in [3.05, 3.63) is 0 Å². The van der Waals surface area contributed by atoms with E-state index in [1.54, 1.807) is 0 Å². The summed E-state index contributed by atoms with van der Waals surface area (Å²) < 4.78 is 29.8. The molecule has 2 N–H and O–H groups in total. The van der Waals surface area contributed by atoms with Gasteiger partial charge in [-0.2, -0.15) is 0 Å². The first-order valence-electron chi connectivity index (χ1n) is 6.24. The van der Waals surface area contributed by atoms with E-state index in [9.17, 15) is 13.2 Å². The van der Waals surface area contributed by atoms with Crippen LogP contribution in [0.2, 0.25) is 0 Å². The number of methoxy groups -OCH3 is 1. The maximum absolute atomic E-state index is 12.0. The van der Waals surface area contributed by atoms with E-state index in [0.29, 0.717) is 25.6 Å². The molecule has 0 bridgehead atoms. The van der Waals surface area contributed by atoms with E-state index in [2.05, 4.69) is 4.74 Å². The first-order chi connectivity index (χ1) is 8.49. The van der Waals surface area contributed by atoms with E-state index < -0.39 is 16.0 Å². The minimum absolute atomic E-state index is 0.0818. The SMILES string of the molecule is COC(=O)CCS(=O)(=O)N1CCC(CCN)CC1. The van der Waals surface area contributed by atoms with Crippen molar-refractivity contribution in [2.45, 2.75) is 25.7 Å². The van der Waals surface area contributed by atoms with Crippen molar-refractivity contribution in [1.82, 2.24) is 4.31 Å². The number of ether oxygens (including phenoxy) is 1.